The summed E-state index contributed by atoms with van der Waals surface area (Å²) in [7, 11) is 0. The highest BCUT2D eigenvalue weighted by Gasteiger charge is 2.21. The van der Waals surface area contributed by atoms with Crippen LogP contribution in [0.2, 0.25) is 0 Å². The van der Waals surface area contributed by atoms with E-state index in [0.29, 0.717) is 30.2 Å². The van der Waals surface area contributed by atoms with Crippen molar-refractivity contribution in [2.45, 2.75) is 18.9 Å². The Balaban J connectivity index is 1.41. The number of ether oxygens (including phenoxy) is 2. The molecule has 1 atom stereocenters. The molecule has 2 aromatic carbocycles. The van der Waals surface area contributed by atoms with Gasteiger partial charge in [0.25, 0.3) is 0 Å². The van der Waals surface area contributed by atoms with Gasteiger partial charge in [0.1, 0.15) is 18.5 Å². The van der Waals surface area contributed by atoms with Gasteiger partial charge >= 0.3 is 0 Å². The molecular weight excluding hydrogens is 325 g/mol. The van der Waals surface area contributed by atoms with Crippen LogP contribution in [0.1, 0.15) is 23.2 Å². The van der Waals surface area contributed by atoms with Crippen molar-refractivity contribution in [3.05, 3.63) is 59.9 Å². The molecular formula is C19H18FNO4. The number of carbonyl (C=O) groups is 2. The molecule has 1 N–H and O–H groups in total. The number of hydrogen-bond donors (Lipinski definition) is 1. The zero-order valence-corrected chi connectivity index (χ0v) is 13.5. The molecule has 0 saturated heterocycles. The number of rotatable bonds is 6. The van der Waals surface area contributed by atoms with Crippen LogP contribution in [0.25, 0.3) is 0 Å². The Morgan fingerprint density at radius 1 is 1.04 bits per heavy atom. The summed E-state index contributed by atoms with van der Waals surface area (Å²) in [6, 6.07) is 12.6. The average Bonchev–Trinajstić information content (AvgIpc) is 2.65. The van der Waals surface area contributed by atoms with Crippen LogP contribution >= 0.6 is 0 Å². The Bertz CT molecular complexity index is 760. The number of para-hydroxylation sites is 2. The van der Waals surface area contributed by atoms with Gasteiger partial charge in [-0.3, -0.25) is 9.59 Å². The number of halogens is 1. The number of Topliss-reactive ketones (excluding diaryl/α,β-unsaturated/α-hetero) is 1. The van der Waals surface area contributed by atoms with Crippen molar-refractivity contribution < 1.29 is 23.5 Å². The molecule has 0 aliphatic carbocycles. The van der Waals surface area contributed by atoms with E-state index in [1.54, 1.807) is 0 Å². The molecule has 0 bridgehead atoms. The molecule has 6 heteroatoms. The lowest BCUT2D eigenvalue weighted by molar-refractivity contribution is -0.121. The van der Waals surface area contributed by atoms with Crippen LogP contribution in [0.15, 0.2) is 48.5 Å². The van der Waals surface area contributed by atoms with Crippen molar-refractivity contribution in [3.63, 3.8) is 0 Å². The van der Waals surface area contributed by atoms with E-state index in [4.69, 9.17) is 9.47 Å². The Hall–Kier alpha value is -2.89. The maximum atomic E-state index is 12.8. The van der Waals surface area contributed by atoms with Gasteiger partial charge in [0, 0.05) is 18.4 Å². The first-order valence-electron chi connectivity index (χ1n) is 8.06. The topological polar surface area (TPSA) is 64.6 Å². The van der Waals surface area contributed by atoms with Gasteiger partial charge in [-0.25, -0.2) is 4.39 Å². The van der Waals surface area contributed by atoms with Gasteiger partial charge in [0.2, 0.25) is 5.91 Å². The summed E-state index contributed by atoms with van der Waals surface area (Å²) in [4.78, 5) is 23.9. The monoisotopic (exact) mass is 343 g/mol. The highest BCUT2D eigenvalue weighted by atomic mass is 19.1. The summed E-state index contributed by atoms with van der Waals surface area (Å²) in [5, 5.41) is 2.74. The van der Waals surface area contributed by atoms with E-state index in [1.807, 2.05) is 24.3 Å². The van der Waals surface area contributed by atoms with Gasteiger partial charge in [0.05, 0.1) is 6.54 Å². The number of carbonyl (C=O) groups excluding carboxylic acids is 2. The third-order valence-electron chi connectivity index (χ3n) is 3.84. The largest absolute Gasteiger partial charge is 0.486 e. The molecule has 1 unspecified atom stereocenters. The van der Waals surface area contributed by atoms with Crippen molar-refractivity contribution in [3.8, 4) is 11.5 Å². The lowest BCUT2D eigenvalue weighted by Gasteiger charge is -2.26. The highest BCUT2D eigenvalue weighted by Crippen LogP contribution is 2.30. The number of amides is 1. The van der Waals surface area contributed by atoms with Crippen molar-refractivity contribution in [2.24, 2.45) is 0 Å². The summed E-state index contributed by atoms with van der Waals surface area (Å²) in [5.74, 6) is 0.513. The Morgan fingerprint density at radius 2 is 1.76 bits per heavy atom. The van der Waals surface area contributed by atoms with Crippen LogP contribution < -0.4 is 14.8 Å². The number of nitrogens with one attached hydrogen (secondary N) is 1. The molecule has 0 spiro atoms. The number of benzene rings is 2. The zero-order valence-electron chi connectivity index (χ0n) is 13.5. The fraction of sp³-hybridized carbons (Fsp3) is 0.263. The Morgan fingerprint density at radius 3 is 2.52 bits per heavy atom. The predicted molar refractivity (Wildman–Crippen MR) is 89.3 cm³/mol. The summed E-state index contributed by atoms with van der Waals surface area (Å²) in [5.41, 5.74) is 0.398. The summed E-state index contributed by atoms with van der Waals surface area (Å²) in [6.45, 7) is 0.656. The van der Waals surface area contributed by atoms with E-state index >= 15 is 0 Å². The molecule has 5 nitrogen and oxygen atoms in total. The second-order valence-electron chi connectivity index (χ2n) is 5.73. The lowest BCUT2D eigenvalue weighted by atomic mass is 10.1. The predicted octanol–water partition coefficient (Wildman–Crippen LogP) is 2.74. The van der Waals surface area contributed by atoms with Crippen LogP contribution in [0, 0.1) is 5.82 Å². The summed E-state index contributed by atoms with van der Waals surface area (Å²) < 4.78 is 24.2. The highest BCUT2D eigenvalue weighted by molar-refractivity contribution is 5.97. The van der Waals surface area contributed by atoms with Gasteiger partial charge < -0.3 is 14.8 Å². The molecule has 130 valence electrons. The van der Waals surface area contributed by atoms with Crippen LogP contribution in [-0.2, 0) is 4.79 Å². The molecule has 0 fully saturated rings. The van der Waals surface area contributed by atoms with Gasteiger partial charge in [-0.15, -0.1) is 0 Å². The molecule has 1 heterocycles. The number of fused-ring (bicyclic) bond motifs is 1. The molecule has 0 aromatic heterocycles. The van der Waals surface area contributed by atoms with E-state index in [0.717, 1.165) is 0 Å². The Kier molecular flexibility index (Phi) is 5.28. The maximum Gasteiger partial charge on any atom is 0.220 e. The smallest absolute Gasteiger partial charge is 0.220 e. The minimum absolute atomic E-state index is 0.0698. The fourth-order valence-electron chi connectivity index (χ4n) is 2.49. The third-order valence-corrected chi connectivity index (χ3v) is 3.84. The fourth-order valence-corrected chi connectivity index (χ4v) is 2.49. The zero-order chi connectivity index (χ0) is 17.6. The van der Waals surface area contributed by atoms with E-state index in [2.05, 4.69) is 5.32 Å². The SMILES string of the molecule is O=C(CCC(=O)c1ccc(F)cc1)NCC1COc2ccccc2O1. The van der Waals surface area contributed by atoms with Crippen molar-refractivity contribution in [2.75, 3.05) is 13.2 Å². The third kappa shape index (κ3) is 4.56. The molecule has 0 radical (unpaired) electrons. The lowest BCUT2D eigenvalue weighted by Crippen LogP contribution is -2.40. The first kappa shape index (κ1) is 17.0. The normalized spacial score (nSPS) is 15.5. The maximum absolute atomic E-state index is 12.8. The van der Waals surface area contributed by atoms with Crippen LogP contribution in [0.4, 0.5) is 4.39 Å². The van der Waals surface area contributed by atoms with E-state index < -0.39 is 5.82 Å². The van der Waals surface area contributed by atoms with Gasteiger partial charge in [-0.2, -0.15) is 0 Å². The molecule has 2 aromatic rings. The van der Waals surface area contributed by atoms with E-state index in [9.17, 15) is 14.0 Å². The van der Waals surface area contributed by atoms with Crippen LogP contribution in [0.5, 0.6) is 11.5 Å². The van der Waals surface area contributed by atoms with Crippen molar-refractivity contribution >= 4 is 11.7 Å². The molecule has 3 rings (SSSR count). The minimum Gasteiger partial charge on any atom is -0.486 e. The molecule has 1 aliphatic heterocycles. The summed E-state index contributed by atoms with van der Waals surface area (Å²) >= 11 is 0. The van der Waals surface area contributed by atoms with Crippen molar-refractivity contribution in [1.82, 2.24) is 5.32 Å². The first-order valence-corrected chi connectivity index (χ1v) is 8.06. The van der Waals surface area contributed by atoms with E-state index in [-0.39, 0.29) is 30.6 Å². The molecule has 25 heavy (non-hydrogen) atoms. The Labute approximate surface area is 144 Å². The number of hydrogen-bond acceptors (Lipinski definition) is 4. The second-order valence-corrected chi connectivity index (χ2v) is 5.73. The van der Waals surface area contributed by atoms with Crippen LogP contribution in [-0.4, -0.2) is 30.9 Å². The van der Waals surface area contributed by atoms with Crippen molar-refractivity contribution in [1.29, 1.82) is 0 Å². The molecule has 1 amide bonds. The molecule has 0 saturated carbocycles. The van der Waals surface area contributed by atoms with E-state index in [1.165, 1.54) is 24.3 Å². The minimum atomic E-state index is -0.398. The quantitative estimate of drug-likeness (QED) is 0.819. The second kappa shape index (κ2) is 7.79. The first-order chi connectivity index (χ1) is 12.1. The molecule has 1 aliphatic rings. The van der Waals surface area contributed by atoms with Gasteiger partial charge in [-0.05, 0) is 36.4 Å². The average molecular weight is 343 g/mol. The van der Waals surface area contributed by atoms with Gasteiger partial charge in [0.15, 0.2) is 17.3 Å². The van der Waals surface area contributed by atoms with Crippen LogP contribution in [0.3, 0.4) is 0 Å². The number of ketones is 1. The standard InChI is InChI=1S/C19H18FNO4/c20-14-7-5-13(6-8-14)16(22)9-10-19(23)21-11-15-12-24-17-3-1-2-4-18(17)25-15/h1-8,15H,9-12H2,(H,21,23). The summed E-state index contributed by atoms with van der Waals surface area (Å²) in [6.07, 6.45) is -0.130. The van der Waals surface area contributed by atoms with Gasteiger partial charge in [-0.1, -0.05) is 12.1 Å².